The molecule has 8 heteroatoms. The molecule has 1 aromatic carbocycles. The smallest absolute Gasteiger partial charge is 0.295 e. The van der Waals surface area contributed by atoms with Gasteiger partial charge in [-0.15, -0.1) is 0 Å². The second-order valence-electron chi connectivity index (χ2n) is 8.45. The second-order valence-corrected chi connectivity index (χ2v) is 8.45. The van der Waals surface area contributed by atoms with Gasteiger partial charge >= 0.3 is 0 Å². The first-order valence-corrected chi connectivity index (χ1v) is 9.71. The lowest BCUT2D eigenvalue weighted by Crippen LogP contribution is -2.28. The first kappa shape index (κ1) is 20.7. The van der Waals surface area contributed by atoms with Crippen molar-refractivity contribution < 1.29 is 14.5 Å². The fourth-order valence-electron chi connectivity index (χ4n) is 3.98. The predicted molar refractivity (Wildman–Crippen MR) is 109 cm³/mol. The molecular weight excluding hydrogens is 372 g/mol. The Balaban J connectivity index is 2.14. The van der Waals surface area contributed by atoms with Crippen molar-refractivity contribution in [2.75, 3.05) is 13.6 Å². The van der Waals surface area contributed by atoms with E-state index in [2.05, 4.69) is 5.10 Å². The van der Waals surface area contributed by atoms with Gasteiger partial charge < -0.3 is 4.90 Å². The Bertz CT molecular complexity index is 1010. The van der Waals surface area contributed by atoms with Crippen molar-refractivity contribution in [1.29, 1.82) is 0 Å². The minimum absolute atomic E-state index is 0.00985. The van der Waals surface area contributed by atoms with Gasteiger partial charge in [0.1, 0.15) is 5.69 Å². The largest absolute Gasteiger partial charge is 0.342 e. The monoisotopic (exact) mass is 398 g/mol. The number of ketones is 1. The third-order valence-corrected chi connectivity index (χ3v) is 5.27. The SMILES string of the molecule is CCCN(C)C(=O)c1ccc(-n2nc(C)c3c2CC(C)(C)CC3=O)c([N+](=O)[O-])c1. The first-order chi connectivity index (χ1) is 13.6. The van der Waals surface area contributed by atoms with Crippen LogP contribution < -0.4 is 0 Å². The highest BCUT2D eigenvalue weighted by molar-refractivity contribution is 6.00. The van der Waals surface area contributed by atoms with Crippen LogP contribution in [0.25, 0.3) is 5.69 Å². The molecule has 0 saturated heterocycles. The maximum atomic E-state index is 12.6. The van der Waals surface area contributed by atoms with Gasteiger partial charge in [0.25, 0.3) is 11.6 Å². The van der Waals surface area contributed by atoms with Crippen LogP contribution in [0.5, 0.6) is 0 Å². The molecule has 1 heterocycles. The highest BCUT2D eigenvalue weighted by atomic mass is 16.6. The zero-order valence-electron chi connectivity index (χ0n) is 17.5. The van der Waals surface area contributed by atoms with E-state index in [0.29, 0.717) is 36.3 Å². The number of nitro groups is 1. The summed E-state index contributed by atoms with van der Waals surface area (Å²) in [6.45, 7) is 8.27. The lowest BCUT2D eigenvalue weighted by Gasteiger charge is -2.29. The van der Waals surface area contributed by atoms with Crippen molar-refractivity contribution in [2.45, 2.75) is 47.0 Å². The van der Waals surface area contributed by atoms with Crippen LogP contribution >= 0.6 is 0 Å². The number of fused-ring (bicyclic) bond motifs is 1. The molecular formula is C21H26N4O4. The highest BCUT2D eigenvalue weighted by Crippen LogP contribution is 2.38. The van der Waals surface area contributed by atoms with Gasteiger partial charge in [-0.3, -0.25) is 19.7 Å². The van der Waals surface area contributed by atoms with Crippen LogP contribution in [0.15, 0.2) is 18.2 Å². The summed E-state index contributed by atoms with van der Waals surface area (Å²) in [5.41, 5.74) is 1.88. The minimum atomic E-state index is -0.509. The zero-order valence-corrected chi connectivity index (χ0v) is 17.5. The van der Waals surface area contributed by atoms with Crippen molar-refractivity contribution >= 4 is 17.4 Å². The summed E-state index contributed by atoms with van der Waals surface area (Å²) in [6, 6.07) is 4.42. The molecule has 2 aromatic rings. The lowest BCUT2D eigenvalue weighted by atomic mass is 9.75. The standard InChI is InChI=1S/C21H26N4O4/c1-6-9-23(5)20(27)14-7-8-15(16(10-14)25(28)29)24-17-11-21(3,4)12-18(26)19(17)13(2)22-24/h7-8,10H,6,9,11-12H2,1-5H3. The Labute approximate surface area is 169 Å². The van der Waals surface area contributed by atoms with E-state index >= 15 is 0 Å². The molecule has 154 valence electrons. The Morgan fingerprint density at radius 2 is 2.03 bits per heavy atom. The minimum Gasteiger partial charge on any atom is -0.342 e. The van der Waals surface area contributed by atoms with E-state index < -0.39 is 4.92 Å². The molecule has 0 radical (unpaired) electrons. The molecule has 1 amide bonds. The van der Waals surface area contributed by atoms with E-state index in [1.807, 2.05) is 20.8 Å². The summed E-state index contributed by atoms with van der Waals surface area (Å²) in [4.78, 5) is 38.0. The van der Waals surface area contributed by atoms with E-state index in [-0.39, 0.29) is 34.0 Å². The number of rotatable bonds is 5. The van der Waals surface area contributed by atoms with Gasteiger partial charge in [0.2, 0.25) is 0 Å². The number of nitrogens with zero attached hydrogens (tertiary/aromatic N) is 4. The number of carbonyl (C=O) groups excluding carboxylic acids is 2. The van der Waals surface area contributed by atoms with Crippen LogP contribution in [0.3, 0.4) is 0 Å². The molecule has 8 nitrogen and oxygen atoms in total. The van der Waals surface area contributed by atoms with E-state index in [4.69, 9.17) is 0 Å². The highest BCUT2D eigenvalue weighted by Gasteiger charge is 2.36. The Kier molecular flexibility index (Phi) is 5.30. The van der Waals surface area contributed by atoms with Crippen LogP contribution in [0.1, 0.15) is 65.7 Å². The van der Waals surface area contributed by atoms with Crippen LogP contribution in [0, 0.1) is 22.5 Å². The molecule has 0 aliphatic heterocycles. The summed E-state index contributed by atoms with van der Waals surface area (Å²) in [5, 5.41) is 16.3. The molecule has 0 atom stereocenters. The Morgan fingerprint density at radius 3 is 2.66 bits per heavy atom. The van der Waals surface area contributed by atoms with Crippen molar-refractivity contribution in [3.05, 3.63) is 50.8 Å². The summed E-state index contributed by atoms with van der Waals surface area (Å²) >= 11 is 0. The van der Waals surface area contributed by atoms with Crippen molar-refractivity contribution in [1.82, 2.24) is 14.7 Å². The number of aromatic nitrogens is 2. The molecule has 0 spiro atoms. The quantitative estimate of drug-likeness (QED) is 0.564. The maximum Gasteiger partial charge on any atom is 0.295 e. The fourth-order valence-corrected chi connectivity index (χ4v) is 3.98. The summed E-state index contributed by atoms with van der Waals surface area (Å²) < 4.78 is 1.51. The van der Waals surface area contributed by atoms with E-state index in [1.54, 1.807) is 31.0 Å². The van der Waals surface area contributed by atoms with E-state index in [9.17, 15) is 19.7 Å². The van der Waals surface area contributed by atoms with Crippen LogP contribution in [0.4, 0.5) is 5.69 Å². The molecule has 3 rings (SSSR count). The average molecular weight is 398 g/mol. The zero-order chi connectivity index (χ0) is 21.5. The number of hydrogen-bond acceptors (Lipinski definition) is 5. The van der Waals surface area contributed by atoms with Crippen LogP contribution in [-0.2, 0) is 6.42 Å². The number of carbonyl (C=O) groups is 2. The average Bonchev–Trinajstić information content (AvgIpc) is 2.95. The van der Waals surface area contributed by atoms with Gasteiger partial charge in [-0.05, 0) is 37.3 Å². The normalized spacial score (nSPS) is 15.1. The molecule has 0 fully saturated rings. The molecule has 29 heavy (non-hydrogen) atoms. The number of hydrogen-bond donors (Lipinski definition) is 0. The first-order valence-electron chi connectivity index (χ1n) is 9.71. The number of aryl methyl sites for hydroxylation is 1. The molecule has 0 saturated carbocycles. The van der Waals surface area contributed by atoms with Crippen molar-refractivity contribution in [2.24, 2.45) is 5.41 Å². The molecule has 1 aromatic heterocycles. The van der Waals surface area contributed by atoms with Gasteiger partial charge in [0.05, 0.1) is 21.9 Å². The number of amides is 1. The van der Waals surface area contributed by atoms with Gasteiger partial charge in [-0.1, -0.05) is 20.8 Å². The third kappa shape index (κ3) is 3.79. The number of Topliss-reactive ketones (excluding diaryl/α,β-unsaturated/α-hetero) is 1. The number of benzene rings is 1. The molecule has 0 unspecified atom stereocenters. The predicted octanol–water partition coefficient (Wildman–Crippen LogP) is 3.73. The van der Waals surface area contributed by atoms with Gasteiger partial charge in [0.15, 0.2) is 5.78 Å². The summed E-state index contributed by atoms with van der Waals surface area (Å²) in [7, 11) is 1.67. The maximum absolute atomic E-state index is 12.6. The van der Waals surface area contributed by atoms with Crippen molar-refractivity contribution in [3.8, 4) is 5.69 Å². The van der Waals surface area contributed by atoms with Gasteiger partial charge in [-0.25, -0.2) is 4.68 Å². The summed E-state index contributed by atoms with van der Waals surface area (Å²) in [6.07, 6.45) is 1.81. The van der Waals surface area contributed by atoms with Crippen molar-refractivity contribution in [3.63, 3.8) is 0 Å². The molecule has 0 bridgehead atoms. The second kappa shape index (κ2) is 7.42. The fraction of sp³-hybridized carbons (Fsp3) is 0.476. The summed E-state index contributed by atoms with van der Waals surface area (Å²) in [5.74, 6) is -0.257. The number of nitro benzene ring substituents is 1. The van der Waals surface area contributed by atoms with Gasteiger partial charge in [0, 0.05) is 31.6 Å². The van der Waals surface area contributed by atoms with Gasteiger partial charge in [-0.2, -0.15) is 5.10 Å². The Hall–Kier alpha value is -3.03. The molecule has 1 aliphatic carbocycles. The lowest BCUT2D eigenvalue weighted by molar-refractivity contribution is -0.384. The van der Waals surface area contributed by atoms with Crippen LogP contribution in [-0.4, -0.2) is 44.9 Å². The van der Waals surface area contributed by atoms with E-state index in [0.717, 1.165) is 6.42 Å². The van der Waals surface area contributed by atoms with E-state index in [1.165, 1.54) is 10.7 Å². The van der Waals surface area contributed by atoms with Crippen LogP contribution in [0.2, 0.25) is 0 Å². The topological polar surface area (TPSA) is 98.3 Å². The molecule has 1 aliphatic rings. The molecule has 0 N–H and O–H groups in total. The Morgan fingerprint density at radius 1 is 1.34 bits per heavy atom. The third-order valence-electron chi connectivity index (χ3n) is 5.27.